The van der Waals surface area contributed by atoms with Crippen LogP contribution in [-0.2, 0) is 9.47 Å². The molecule has 0 N–H and O–H groups in total. The quantitative estimate of drug-likeness (QED) is 0.793. The fourth-order valence-electron chi connectivity index (χ4n) is 1.42. The zero-order valence-electron chi connectivity index (χ0n) is 7.85. The summed E-state index contributed by atoms with van der Waals surface area (Å²) in [5.41, 5.74) is 0. The number of ether oxygens (including phenoxy) is 2. The topological polar surface area (TPSA) is 18.5 Å². The molecule has 0 unspecified atom stereocenters. The lowest BCUT2D eigenvalue weighted by molar-refractivity contribution is -0.167. The largest absolute Gasteiger partial charge is 0.347 e. The highest BCUT2D eigenvalue weighted by atomic mass is 79.9. The van der Waals surface area contributed by atoms with E-state index in [4.69, 9.17) is 9.47 Å². The van der Waals surface area contributed by atoms with Crippen LogP contribution in [0, 0.1) is 0 Å². The summed E-state index contributed by atoms with van der Waals surface area (Å²) in [5.74, 6) is -0.351. The number of halogens is 2. The van der Waals surface area contributed by atoms with Crippen molar-refractivity contribution in [1.29, 1.82) is 0 Å². The van der Waals surface area contributed by atoms with Crippen molar-refractivity contribution in [2.24, 2.45) is 0 Å². The molecule has 1 heterocycles. The summed E-state index contributed by atoms with van der Waals surface area (Å²) in [4.78, 5) is 0. The molecule has 0 amide bonds. The molecule has 4 heteroatoms. The number of hydrogen-bond donors (Lipinski definition) is 0. The van der Waals surface area contributed by atoms with Gasteiger partial charge in [0.25, 0.3) is 0 Å². The summed E-state index contributed by atoms with van der Waals surface area (Å²) in [5, 5.41) is 0. The van der Waals surface area contributed by atoms with E-state index in [-0.39, 0.29) is 11.9 Å². The normalized spacial score (nSPS) is 26.0. The Morgan fingerprint density at radius 3 is 2.46 bits per heavy atom. The van der Waals surface area contributed by atoms with Crippen molar-refractivity contribution < 1.29 is 9.47 Å². The van der Waals surface area contributed by atoms with Crippen molar-refractivity contribution in [1.82, 2.24) is 0 Å². The second kappa shape index (κ2) is 4.91. The molecule has 0 spiro atoms. The van der Waals surface area contributed by atoms with Gasteiger partial charge < -0.3 is 9.47 Å². The van der Waals surface area contributed by atoms with Gasteiger partial charge in [0.1, 0.15) is 6.10 Å². The lowest BCUT2D eigenvalue weighted by atomic mass is 10.1. The van der Waals surface area contributed by atoms with Crippen molar-refractivity contribution >= 4 is 31.9 Å². The van der Waals surface area contributed by atoms with Crippen LogP contribution in [0.5, 0.6) is 0 Å². The van der Waals surface area contributed by atoms with Crippen LogP contribution in [0.4, 0.5) is 0 Å². The summed E-state index contributed by atoms with van der Waals surface area (Å²) in [7, 11) is 0. The maximum absolute atomic E-state index is 5.80. The fourth-order valence-corrected chi connectivity index (χ4v) is 2.01. The third-order valence-corrected chi connectivity index (χ3v) is 2.79. The molecule has 0 bridgehead atoms. The van der Waals surface area contributed by atoms with E-state index in [1.54, 1.807) is 0 Å². The lowest BCUT2D eigenvalue weighted by Gasteiger charge is -2.24. The third kappa shape index (κ3) is 3.05. The second-order valence-electron chi connectivity index (χ2n) is 3.04. The molecule has 1 aliphatic rings. The van der Waals surface area contributed by atoms with E-state index in [9.17, 15) is 0 Å². The van der Waals surface area contributed by atoms with Gasteiger partial charge in [-0.15, -0.1) is 0 Å². The second-order valence-corrected chi connectivity index (χ2v) is 5.81. The van der Waals surface area contributed by atoms with Gasteiger partial charge in [-0.25, -0.2) is 0 Å². The smallest absolute Gasteiger partial charge is 0.168 e. The summed E-state index contributed by atoms with van der Waals surface area (Å²) < 4.78 is 12.4. The van der Waals surface area contributed by atoms with Gasteiger partial charge in [-0.3, -0.25) is 0 Å². The summed E-state index contributed by atoms with van der Waals surface area (Å²) >= 11 is 6.62. The molecular weight excluding hydrogens is 300 g/mol. The molecule has 1 atom stereocenters. The van der Waals surface area contributed by atoms with E-state index in [2.05, 4.69) is 45.7 Å². The fraction of sp³-hybridized carbons (Fsp3) is 0.778. The average molecular weight is 314 g/mol. The van der Waals surface area contributed by atoms with Crippen LogP contribution in [0.1, 0.15) is 26.7 Å². The molecule has 2 nitrogen and oxygen atoms in total. The van der Waals surface area contributed by atoms with Gasteiger partial charge >= 0.3 is 0 Å². The van der Waals surface area contributed by atoms with E-state index >= 15 is 0 Å². The first kappa shape index (κ1) is 11.7. The summed E-state index contributed by atoms with van der Waals surface area (Å²) in [6.07, 6.45) is 3.82. The molecule has 0 saturated carbocycles. The minimum atomic E-state index is -0.351. The molecule has 0 radical (unpaired) electrons. The van der Waals surface area contributed by atoms with E-state index < -0.39 is 0 Å². The van der Waals surface area contributed by atoms with E-state index in [0.29, 0.717) is 6.61 Å². The first-order valence-electron chi connectivity index (χ1n) is 4.46. The molecule has 13 heavy (non-hydrogen) atoms. The first-order valence-corrected chi connectivity index (χ1v) is 6.05. The van der Waals surface area contributed by atoms with Crippen LogP contribution >= 0.6 is 31.9 Å². The zero-order chi connectivity index (χ0) is 9.90. The van der Waals surface area contributed by atoms with Crippen LogP contribution in [0.15, 0.2) is 9.47 Å². The van der Waals surface area contributed by atoms with Crippen LogP contribution in [-0.4, -0.2) is 18.5 Å². The van der Waals surface area contributed by atoms with Crippen molar-refractivity contribution in [3.05, 3.63) is 9.47 Å². The Morgan fingerprint density at radius 1 is 1.46 bits per heavy atom. The van der Waals surface area contributed by atoms with Crippen molar-refractivity contribution in [3.63, 3.8) is 0 Å². The molecule has 0 aliphatic carbocycles. The Bertz CT molecular complexity index is 196. The monoisotopic (exact) mass is 312 g/mol. The van der Waals surface area contributed by atoms with Crippen LogP contribution in [0.3, 0.4) is 0 Å². The maximum atomic E-state index is 5.80. The number of hydrogen-bond acceptors (Lipinski definition) is 2. The Balaban J connectivity index is 2.57. The highest BCUT2D eigenvalue weighted by Gasteiger charge is 2.37. The van der Waals surface area contributed by atoms with Gasteiger partial charge in [0.2, 0.25) is 0 Å². The molecule has 1 rings (SSSR count). The van der Waals surface area contributed by atoms with Gasteiger partial charge in [0, 0.05) is 0 Å². The lowest BCUT2D eigenvalue weighted by Crippen LogP contribution is -2.28. The average Bonchev–Trinajstić information content (AvgIpc) is 2.48. The van der Waals surface area contributed by atoms with E-state index in [1.165, 1.54) is 0 Å². The van der Waals surface area contributed by atoms with Crippen LogP contribution < -0.4 is 0 Å². The predicted octanol–water partition coefficient (Wildman–Crippen LogP) is 3.55. The summed E-state index contributed by atoms with van der Waals surface area (Å²) in [6.45, 7) is 4.81. The molecular formula is C9H14Br2O2. The molecule has 0 aromatic heterocycles. The van der Waals surface area contributed by atoms with Gasteiger partial charge in [0.15, 0.2) is 5.79 Å². The molecule has 0 aromatic carbocycles. The predicted molar refractivity (Wildman–Crippen MR) is 60.1 cm³/mol. The Kier molecular flexibility index (Phi) is 4.42. The Labute approximate surface area is 95.9 Å². The molecule has 76 valence electrons. The SMILES string of the molecule is CCC1(CC)OC[C@@H](C=C(Br)Br)O1. The Hall–Kier alpha value is 0.620. The summed E-state index contributed by atoms with van der Waals surface area (Å²) in [6, 6.07) is 0. The van der Waals surface area contributed by atoms with Crippen LogP contribution in [0.25, 0.3) is 0 Å². The van der Waals surface area contributed by atoms with Crippen molar-refractivity contribution in [2.75, 3.05) is 6.61 Å². The zero-order valence-corrected chi connectivity index (χ0v) is 11.0. The van der Waals surface area contributed by atoms with E-state index in [0.717, 1.165) is 16.2 Å². The van der Waals surface area contributed by atoms with Crippen molar-refractivity contribution in [2.45, 2.75) is 38.6 Å². The van der Waals surface area contributed by atoms with Gasteiger partial charge in [-0.1, -0.05) is 13.8 Å². The molecule has 0 aromatic rings. The molecule has 1 fully saturated rings. The van der Waals surface area contributed by atoms with Gasteiger partial charge in [0.05, 0.1) is 10.00 Å². The Morgan fingerprint density at radius 2 is 2.08 bits per heavy atom. The highest BCUT2D eigenvalue weighted by Crippen LogP contribution is 2.31. The minimum Gasteiger partial charge on any atom is -0.347 e. The molecule has 1 saturated heterocycles. The number of rotatable bonds is 3. The first-order chi connectivity index (χ1) is 6.12. The van der Waals surface area contributed by atoms with Crippen LogP contribution in [0.2, 0.25) is 0 Å². The van der Waals surface area contributed by atoms with Gasteiger partial charge in [-0.2, -0.15) is 0 Å². The maximum Gasteiger partial charge on any atom is 0.168 e. The van der Waals surface area contributed by atoms with Crippen molar-refractivity contribution in [3.8, 4) is 0 Å². The minimum absolute atomic E-state index is 0.0636. The van der Waals surface area contributed by atoms with E-state index in [1.807, 2.05) is 6.08 Å². The standard InChI is InChI=1S/C9H14Br2O2/c1-3-9(4-2)12-6-7(13-9)5-8(10)11/h5,7H,3-4,6H2,1-2H3/t7-/m1/s1. The molecule has 1 aliphatic heterocycles. The van der Waals surface area contributed by atoms with Gasteiger partial charge in [-0.05, 0) is 50.8 Å². The highest BCUT2D eigenvalue weighted by molar-refractivity contribution is 9.28. The third-order valence-electron chi connectivity index (χ3n) is 2.27.